The van der Waals surface area contributed by atoms with Crippen LogP contribution in [-0.2, 0) is 13.1 Å². The molecular weight excluding hydrogens is 355 g/mol. The van der Waals surface area contributed by atoms with Crippen molar-refractivity contribution in [3.63, 3.8) is 0 Å². The van der Waals surface area contributed by atoms with Gasteiger partial charge in [-0.05, 0) is 38.2 Å². The fraction of sp³-hybridized carbons (Fsp3) is 0.522. The molecule has 1 aliphatic carbocycles. The van der Waals surface area contributed by atoms with Gasteiger partial charge in [0, 0.05) is 35.1 Å². The van der Waals surface area contributed by atoms with Gasteiger partial charge in [0.1, 0.15) is 5.82 Å². The van der Waals surface area contributed by atoms with E-state index in [2.05, 4.69) is 19.2 Å². The second kappa shape index (κ2) is 8.48. The lowest BCUT2D eigenvalue weighted by Gasteiger charge is -2.34. The molecule has 4 nitrogen and oxygen atoms in total. The van der Waals surface area contributed by atoms with Crippen molar-refractivity contribution < 1.29 is 14.3 Å². The zero-order valence-corrected chi connectivity index (χ0v) is 17.3. The lowest BCUT2D eigenvalue weighted by molar-refractivity contribution is 0.0694. The number of aromatic carboxylic acids is 1. The van der Waals surface area contributed by atoms with Crippen LogP contribution in [0.15, 0.2) is 24.3 Å². The van der Waals surface area contributed by atoms with Crippen LogP contribution in [-0.4, -0.2) is 21.7 Å². The van der Waals surface area contributed by atoms with Crippen LogP contribution in [0.4, 0.5) is 4.39 Å². The van der Waals surface area contributed by atoms with E-state index in [-0.39, 0.29) is 5.82 Å². The number of nitrogens with one attached hydrogen (secondary N) is 1. The number of hydrogen-bond acceptors (Lipinski definition) is 2. The Hall–Kier alpha value is -2.14. The van der Waals surface area contributed by atoms with Gasteiger partial charge in [-0.2, -0.15) is 0 Å². The van der Waals surface area contributed by atoms with Gasteiger partial charge in [-0.1, -0.05) is 44.9 Å². The van der Waals surface area contributed by atoms with Crippen molar-refractivity contribution in [3.8, 4) is 0 Å². The second-order valence-corrected chi connectivity index (χ2v) is 8.26. The monoisotopic (exact) mass is 386 g/mol. The molecule has 28 heavy (non-hydrogen) atoms. The molecular formula is C23H31FN2O2. The first kappa shape index (κ1) is 20.6. The minimum Gasteiger partial charge on any atom is -0.478 e. The van der Waals surface area contributed by atoms with Crippen molar-refractivity contribution in [2.45, 2.75) is 66.1 Å². The SMILES string of the molecule is Cc1c(CN[C@@H]2CCC[C@@H](C)[C@H]2C)c(C(=O)O)c(C)n1Cc1ccccc1F. The van der Waals surface area contributed by atoms with Gasteiger partial charge >= 0.3 is 5.97 Å². The molecule has 0 unspecified atom stereocenters. The largest absolute Gasteiger partial charge is 0.478 e. The normalized spacial score (nSPS) is 22.4. The van der Waals surface area contributed by atoms with E-state index in [4.69, 9.17) is 0 Å². The summed E-state index contributed by atoms with van der Waals surface area (Å²) in [5.74, 6) is 0.0638. The fourth-order valence-corrected chi connectivity index (χ4v) is 4.59. The molecule has 0 radical (unpaired) electrons. The number of halogens is 1. The van der Waals surface area contributed by atoms with Gasteiger partial charge in [0.15, 0.2) is 0 Å². The highest BCUT2D eigenvalue weighted by molar-refractivity contribution is 5.91. The Balaban J connectivity index is 1.88. The number of carbonyl (C=O) groups is 1. The molecule has 0 spiro atoms. The molecule has 0 bridgehead atoms. The van der Waals surface area contributed by atoms with E-state index < -0.39 is 5.97 Å². The summed E-state index contributed by atoms with van der Waals surface area (Å²) < 4.78 is 16.1. The van der Waals surface area contributed by atoms with E-state index in [1.807, 2.05) is 18.4 Å². The topological polar surface area (TPSA) is 54.3 Å². The van der Waals surface area contributed by atoms with Gasteiger partial charge in [0.2, 0.25) is 0 Å². The van der Waals surface area contributed by atoms with E-state index in [0.717, 1.165) is 17.7 Å². The minimum atomic E-state index is -0.922. The van der Waals surface area contributed by atoms with Crippen LogP contribution in [0.2, 0.25) is 0 Å². The number of hydrogen-bond donors (Lipinski definition) is 2. The van der Waals surface area contributed by atoms with Gasteiger partial charge in [-0.15, -0.1) is 0 Å². The van der Waals surface area contributed by atoms with Gasteiger partial charge in [0.05, 0.1) is 12.1 Å². The predicted molar refractivity (Wildman–Crippen MR) is 109 cm³/mol. The molecule has 3 rings (SSSR count). The molecule has 1 fully saturated rings. The maximum Gasteiger partial charge on any atom is 0.337 e. The molecule has 5 heteroatoms. The number of rotatable bonds is 6. The van der Waals surface area contributed by atoms with Gasteiger partial charge in [-0.3, -0.25) is 0 Å². The molecule has 0 saturated heterocycles. The van der Waals surface area contributed by atoms with Crippen molar-refractivity contribution in [2.75, 3.05) is 0 Å². The molecule has 0 aliphatic heterocycles. The molecule has 1 heterocycles. The molecule has 1 aromatic carbocycles. The predicted octanol–water partition coefficient (Wildman–Crippen LogP) is 4.90. The minimum absolute atomic E-state index is 0.267. The Bertz CT molecular complexity index is 859. The van der Waals surface area contributed by atoms with E-state index in [1.165, 1.54) is 18.9 Å². The summed E-state index contributed by atoms with van der Waals surface area (Å²) in [5.41, 5.74) is 3.29. The average molecular weight is 387 g/mol. The van der Waals surface area contributed by atoms with Crippen LogP contribution in [0.1, 0.15) is 66.0 Å². The zero-order chi connectivity index (χ0) is 20.4. The Morgan fingerprint density at radius 1 is 1.21 bits per heavy atom. The van der Waals surface area contributed by atoms with Gasteiger partial charge in [0.25, 0.3) is 0 Å². The first-order valence-corrected chi connectivity index (χ1v) is 10.2. The van der Waals surface area contributed by atoms with Crippen molar-refractivity contribution in [3.05, 3.63) is 58.2 Å². The zero-order valence-electron chi connectivity index (χ0n) is 17.3. The number of aromatic nitrogens is 1. The van der Waals surface area contributed by atoms with Crippen molar-refractivity contribution in [2.24, 2.45) is 11.8 Å². The highest BCUT2D eigenvalue weighted by Gasteiger charge is 2.28. The summed E-state index contributed by atoms with van der Waals surface area (Å²) in [6.45, 7) is 9.18. The molecule has 1 saturated carbocycles. The third-order valence-electron chi connectivity index (χ3n) is 6.66. The maximum atomic E-state index is 14.1. The Morgan fingerprint density at radius 2 is 1.93 bits per heavy atom. The second-order valence-electron chi connectivity index (χ2n) is 8.26. The van der Waals surface area contributed by atoms with Crippen molar-refractivity contribution >= 4 is 5.97 Å². The quantitative estimate of drug-likeness (QED) is 0.742. The summed E-state index contributed by atoms with van der Waals surface area (Å²) in [5, 5.41) is 13.4. The molecule has 152 valence electrons. The molecule has 0 amide bonds. The summed E-state index contributed by atoms with van der Waals surface area (Å²) >= 11 is 0. The Labute approximate surface area is 166 Å². The smallest absolute Gasteiger partial charge is 0.337 e. The van der Waals surface area contributed by atoms with Gasteiger partial charge in [-0.25, -0.2) is 9.18 Å². The van der Waals surface area contributed by atoms with Crippen LogP contribution in [0.5, 0.6) is 0 Å². The molecule has 2 aromatic rings. The van der Waals surface area contributed by atoms with E-state index in [1.54, 1.807) is 18.2 Å². The number of nitrogens with zero attached hydrogens (tertiary/aromatic N) is 1. The lowest BCUT2D eigenvalue weighted by atomic mass is 9.78. The van der Waals surface area contributed by atoms with E-state index >= 15 is 0 Å². The number of benzene rings is 1. The summed E-state index contributed by atoms with van der Waals surface area (Å²) in [4.78, 5) is 12.0. The Kier molecular flexibility index (Phi) is 6.23. The third kappa shape index (κ3) is 4.00. The highest BCUT2D eigenvalue weighted by Crippen LogP contribution is 2.30. The number of carboxylic acids is 1. The summed E-state index contributed by atoms with van der Waals surface area (Å²) in [6, 6.07) is 7.06. The van der Waals surface area contributed by atoms with Crippen LogP contribution in [0.3, 0.4) is 0 Å². The first-order chi connectivity index (χ1) is 13.3. The third-order valence-corrected chi connectivity index (χ3v) is 6.66. The van der Waals surface area contributed by atoms with E-state index in [0.29, 0.717) is 47.8 Å². The summed E-state index contributed by atoms with van der Waals surface area (Å²) in [6.07, 6.45) is 3.60. The van der Waals surface area contributed by atoms with E-state index in [9.17, 15) is 14.3 Å². The average Bonchev–Trinajstić information content (AvgIpc) is 2.89. The van der Waals surface area contributed by atoms with Crippen LogP contribution < -0.4 is 5.32 Å². The first-order valence-electron chi connectivity index (χ1n) is 10.2. The maximum absolute atomic E-state index is 14.1. The van der Waals surface area contributed by atoms with Crippen LogP contribution in [0, 0.1) is 31.5 Å². The van der Waals surface area contributed by atoms with Crippen LogP contribution >= 0.6 is 0 Å². The molecule has 1 aromatic heterocycles. The molecule has 3 atom stereocenters. The Morgan fingerprint density at radius 3 is 2.61 bits per heavy atom. The van der Waals surface area contributed by atoms with Crippen molar-refractivity contribution in [1.29, 1.82) is 0 Å². The number of carboxylic acid groups (broad SMARTS) is 1. The molecule has 1 aliphatic rings. The van der Waals surface area contributed by atoms with Gasteiger partial charge < -0.3 is 15.0 Å². The fourth-order valence-electron chi connectivity index (χ4n) is 4.59. The summed E-state index contributed by atoms with van der Waals surface area (Å²) in [7, 11) is 0. The standard InChI is InChI=1S/C23H31FN2O2/c1-14-8-7-11-21(15(14)2)25-12-19-16(3)26(17(4)22(19)23(27)28)13-18-9-5-6-10-20(18)24/h5-6,9-10,14-15,21,25H,7-8,11-13H2,1-4H3,(H,27,28)/t14-,15-,21-/m1/s1. The van der Waals surface area contributed by atoms with Crippen LogP contribution in [0.25, 0.3) is 0 Å². The molecule has 2 N–H and O–H groups in total. The highest BCUT2D eigenvalue weighted by atomic mass is 19.1. The lowest BCUT2D eigenvalue weighted by Crippen LogP contribution is -2.40. The van der Waals surface area contributed by atoms with Crippen molar-refractivity contribution in [1.82, 2.24) is 9.88 Å².